The molecule has 0 heterocycles. The van der Waals surface area contributed by atoms with Crippen LogP contribution in [0.5, 0.6) is 0 Å². The maximum Gasteiger partial charge on any atom is 0.0454 e. The number of unbranched alkanes of at least 4 members (excludes halogenated alkanes) is 5. The molecular weight excluding hydrogens is 289 g/mol. The summed E-state index contributed by atoms with van der Waals surface area (Å²) < 4.78 is 0. The Kier molecular flexibility index (Phi) is 9.33. The van der Waals surface area contributed by atoms with Crippen LogP contribution in [0.4, 0.5) is 0 Å². The Morgan fingerprint density at radius 2 is 1.70 bits per heavy atom. The second-order valence-corrected chi connectivity index (χ2v) is 6.18. The minimum Gasteiger partial charge on any atom is -0.310 e. The summed E-state index contributed by atoms with van der Waals surface area (Å²) in [7, 11) is 0. The average Bonchev–Trinajstić information content (AvgIpc) is 2.44. The van der Waals surface area contributed by atoms with E-state index in [0.29, 0.717) is 6.04 Å². The summed E-state index contributed by atoms with van der Waals surface area (Å²) in [6, 6.07) is 6.05. The summed E-state index contributed by atoms with van der Waals surface area (Å²) in [6.45, 7) is 5.33. The molecule has 1 unspecified atom stereocenters. The van der Waals surface area contributed by atoms with Gasteiger partial charge in [-0.25, -0.2) is 0 Å². The predicted octanol–water partition coefficient (Wildman–Crippen LogP) is 6.39. The molecule has 0 saturated heterocycles. The Hall–Kier alpha value is -0.240. The fourth-order valence-electron chi connectivity index (χ4n) is 2.52. The van der Waals surface area contributed by atoms with Crippen molar-refractivity contribution in [2.24, 2.45) is 0 Å². The van der Waals surface area contributed by atoms with Crippen molar-refractivity contribution in [2.75, 3.05) is 6.54 Å². The molecule has 0 aromatic heterocycles. The van der Waals surface area contributed by atoms with E-state index in [4.69, 9.17) is 23.2 Å². The van der Waals surface area contributed by atoms with Gasteiger partial charge in [-0.3, -0.25) is 0 Å². The van der Waals surface area contributed by atoms with Gasteiger partial charge in [-0.05, 0) is 36.7 Å². The van der Waals surface area contributed by atoms with Crippen LogP contribution in [0, 0.1) is 0 Å². The van der Waals surface area contributed by atoms with Crippen LogP contribution in [-0.2, 0) is 0 Å². The van der Waals surface area contributed by atoms with Gasteiger partial charge >= 0.3 is 0 Å². The normalized spacial score (nSPS) is 12.6. The molecule has 1 aromatic rings. The number of hydrogen-bond donors (Lipinski definition) is 1. The van der Waals surface area contributed by atoms with Crippen molar-refractivity contribution in [1.29, 1.82) is 0 Å². The molecule has 0 radical (unpaired) electrons. The lowest BCUT2D eigenvalue weighted by Gasteiger charge is -2.20. The SMILES string of the molecule is CCCCCCCCC(NCC)c1cc(Cl)ccc1Cl. The van der Waals surface area contributed by atoms with E-state index >= 15 is 0 Å². The van der Waals surface area contributed by atoms with Gasteiger partial charge in [-0.15, -0.1) is 0 Å². The van der Waals surface area contributed by atoms with Gasteiger partial charge in [-0.1, -0.05) is 75.6 Å². The van der Waals surface area contributed by atoms with E-state index in [9.17, 15) is 0 Å². The minimum atomic E-state index is 0.317. The fraction of sp³-hybridized carbons (Fsp3) is 0.647. The van der Waals surface area contributed by atoms with E-state index in [-0.39, 0.29) is 0 Å². The molecule has 3 heteroatoms. The van der Waals surface area contributed by atoms with Gasteiger partial charge in [-0.2, -0.15) is 0 Å². The van der Waals surface area contributed by atoms with Gasteiger partial charge in [0.05, 0.1) is 0 Å². The molecule has 1 nitrogen and oxygen atoms in total. The first kappa shape index (κ1) is 17.8. The van der Waals surface area contributed by atoms with Crippen LogP contribution in [-0.4, -0.2) is 6.54 Å². The second-order valence-electron chi connectivity index (χ2n) is 5.33. The molecule has 0 fully saturated rings. The zero-order valence-electron chi connectivity index (χ0n) is 12.7. The van der Waals surface area contributed by atoms with Crippen LogP contribution in [0.15, 0.2) is 18.2 Å². The van der Waals surface area contributed by atoms with Crippen LogP contribution in [0.1, 0.15) is 70.4 Å². The summed E-state index contributed by atoms with van der Waals surface area (Å²) in [5.74, 6) is 0. The molecule has 1 N–H and O–H groups in total. The standard InChI is InChI=1S/C17H27Cl2N/c1-3-5-6-7-8-9-10-17(20-4-2)15-13-14(18)11-12-16(15)19/h11-13,17,20H,3-10H2,1-2H3. The first-order chi connectivity index (χ1) is 9.69. The number of rotatable bonds is 10. The highest BCUT2D eigenvalue weighted by Gasteiger charge is 2.13. The van der Waals surface area contributed by atoms with Crippen LogP contribution < -0.4 is 5.32 Å². The van der Waals surface area contributed by atoms with Crippen LogP contribution in [0.25, 0.3) is 0 Å². The van der Waals surface area contributed by atoms with E-state index in [0.717, 1.165) is 28.6 Å². The molecule has 1 atom stereocenters. The third-order valence-corrected chi connectivity index (χ3v) is 4.21. The zero-order valence-corrected chi connectivity index (χ0v) is 14.2. The third-order valence-electron chi connectivity index (χ3n) is 3.63. The van der Waals surface area contributed by atoms with Gasteiger partial charge in [0.15, 0.2) is 0 Å². The Bertz CT molecular complexity index is 379. The summed E-state index contributed by atoms with van der Waals surface area (Å²) in [6.07, 6.45) is 9.04. The lowest BCUT2D eigenvalue weighted by atomic mass is 9.99. The maximum atomic E-state index is 6.31. The van der Waals surface area contributed by atoms with Gasteiger partial charge in [0.2, 0.25) is 0 Å². The maximum absolute atomic E-state index is 6.31. The van der Waals surface area contributed by atoms with Crippen LogP contribution >= 0.6 is 23.2 Å². The smallest absolute Gasteiger partial charge is 0.0454 e. The van der Waals surface area contributed by atoms with Crippen molar-refractivity contribution in [1.82, 2.24) is 5.32 Å². The summed E-state index contributed by atoms with van der Waals surface area (Å²) in [5, 5.41) is 5.10. The van der Waals surface area contributed by atoms with E-state index in [1.807, 2.05) is 18.2 Å². The lowest BCUT2D eigenvalue weighted by Crippen LogP contribution is -2.21. The molecular formula is C17H27Cl2N. The molecule has 114 valence electrons. The Labute approximate surface area is 134 Å². The Balaban J connectivity index is 2.49. The monoisotopic (exact) mass is 315 g/mol. The van der Waals surface area contributed by atoms with E-state index < -0.39 is 0 Å². The first-order valence-electron chi connectivity index (χ1n) is 7.87. The quantitative estimate of drug-likeness (QED) is 0.493. The number of halogens is 2. The Morgan fingerprint density at radius 1 is 1.00 bits per heavy atom. The molecule has 0 spiro atoms. The molecule has 0 aliphatic heterocycles. The highest BCUT2D eigenvalue weighted by atomic mass is 35.5. The van der Waals surface area contributed by atoms with E-state index in [2.05, 4.69) is 19.2 Å². The zero-order chi connectivity index (χ0) is 14.8. The van der Waals surface area contributed by atoms with Crippen molar-refractivity contribution in [3.05, 3.63) is 33.8 Å². The predicted molar refractivity (Wildman–Crippen MR) is 90.9 cm³/mol. The highest BCUT2D eigenvalue weighted by molar-refractivity contribution is 6.33. The van der Waals surface area contributed by atoms with Crippen molar-refractivity contribution < 1.29 is 0 Å². The molecule has 20 heavy (non-hydrogen) atoms. The van der Waals surface area contributed by atoms with Crippen LogP contribution in [0.2, 0.25) is 10.0 Å². The molecule has 0 aliphatic carbocycles. The van der Waals surface area contributed by atoms with Gasteiger partial charge in [0, 0.05) is 16.1 Å². The molecule has 1 aromatic carbocycles. The van der Waals surface area contributed by atoms with Crippen molar-refractivity contribution >= 4 is 23.2 Å². The molecule has 0 amide bonds. The van der Waals surface area contributed by atoms with Crippen molar-refractivity contribution in [2.45, 2.75) is 64.8 Å². The second kappa shape index (κ2) is 10.5. The molecule has 0 saturated carbocycles. The van der Waals surface area contributed by atoms with Crippen molar-refractivity contribution in [3.63, 3.8) is 0 Å². The number of hydrogen-bond acceptors (Lipinski definition) is 1. The summed E-state index contributed by atoms with van der Waals surface area (Å²) >= 11 is 12.4. The minimum absolute atomic E-state index is 0.317. The van der Waals surface area contributed by atoms with Crippen molar-refractivity contribution in [3.8, 4) is 0 Å². The third kappa shape index (κ3) is 6.47. The summed E-state index contributed by atoms with van der Waals surface area (Å²) in [4.78, 5) is 0. The largest absolute Gasteiger partial charge is 0.310 e. The topological polar surface area (TPSA) is 12.0 Å². The number of nitrogens with one attached hydrogen (secondary N) is 1. The number of benzene rings is 1. The molecule has 0 aliphatic rings. The van der Waals surface area contributed by atoms with E-state index in [1.165, 1.54) is 38.5 Å². The lowest BCUT2D eigenvalue weighted by molar-refractivity contribution is 0.477. The summed E-state index contributed by atoms with van der Waals surface area (Å²) in [5.41, 5.74) is 1.13. The van der Waals surface area contributed by atoms with Crippen LogP contribution in [0.3, 0.4) is 0 Å². The fourth-order valence-corrected chi connectivity index (χ4v) is 2.95. The first-order valence-corrected chi connectivity index (χ1v) is 8.63. The molecule has 0 bridgehead atoms. The van der Waals surface area contributed by atoms with Gasteiger partial charge in [0.1, 0.15) is 0 Å². The average molecular weight is 316 g/mol. The Morgan fingerprint density at radius 3 is 2.40 bits per heavy atom. The highest BCUT2D eigenvalue weighted by Crippen LogP contribution is 2.29. The van der Waals surface area contributed by atoms with E-state index in [1.54, 1.807) is 0 Å². The van der Waals surface area contributed by atoms with Gasteiger partial charge in [0.25, 0.3) is 0 Å². The van der Waals surface area contributed by atoms with Gasteiger partial charge < -0.3 is 5.32 Å². The molecule has 1 rings (SSSR count).